The third-order valence-electron chi connectivity index (χ3n) is 7.59. The summed E-state index contributed by atoms with van der Waals surface area (Å²) in [7, 11) is 0. The number of halogens is 1. The summed E-state index contributed by atoms with van der Waals surface area (Å²) < 4.78 is 12.4. The van der Waals surface area contributed by atoms with Gasteiger partial charge in [0.2, 0.25) is 0 Å². The highest BCUT2D eigenvalue weighted by Crippen LogP contribution is 2.52. The standard InChI is InChI=1S/C32H21ClN4O3S/c33-22-13-11-20(12-14-22)26-18-27-23-8-4-5-9-28(23)39-32(37(27)35-26)29(41-31(38)34-32)17-19-10-15-25-24(16-19)30(40-36-25)21-6-2-1-3-7-21/h1-17,27H,18H2,(H,34,38). The van der Waals surface area contributed by atoms with Crippen LogP contribution in [-0.4, -0.2) is 27.0 Å². The molecule has 1 spiro atoms. The zero-order chi connectivity index (χ0) is 27.6. The van der Waals surface area contributed by atoms with Gasteiger partial charge >= 0.3 is 5.85 Å². The maximum atomic E-state index is 13.0. The minimum atomic E-state index is -1.29. The molecule has 0 radical (unpaired) electrons. The lowest BCUT2D eigenvalue weighted by Gasteiger charge is -2.45. The topological polar surface area (TPSA) is 80.0 Å². The van der Waals surface area contributed by atoms with Crippen molar-refractivity contribution in [1.82, 2.24) is 15.5 Å². The highest BCUT2D eigenvalue weighted by molar-refractivity contribution is 8.17. The minimum Gasteiger partial charge on any atom is -0.444 e. The SMILES string of the molecule is O=C1NC2(Oc3ccccc3C3CC(c4ccc(Cl)cc4)=NN32)C(=Cc2ccc3noc(-c4ccccc4)c3c2)S1. The van der Waals surface area contributed by atoms with E-state index in [2.05, 4.69) is 16.5 Å². The largest absolute Gasteiger partial charge is 0.444 e. The second-order valence-corrected chi connectivity index (χ2v) is 11.5. The van der Waals surface area contributed by atoms with Crippen molar-refractivity contribution in [2.24, 2.45) is 5.10 Å². The molecule has 0 saturated carbocycles. The van der Waals surface area contributed by atoms with E-state index in [-0.39, 0.29) is 11.3 Å². The van der Waals surface area contributed by atoms with Crippen LogP contribution in [0, 0.1) is 0 Å². The van der Waals surface area contributed by atoms with Crippen molar-refractivity contribution in [3.05, 3.63) is 124 Å². The second-order valence-electron chi connectivity index (χ2n) is 10.1. The van der Waals surface area contributed by atoms with E-state index in [1.54, 1.807) is 0 Å². The molecule has 5 aromatic rings. The first-order chi connectivity index (χ1) is 20.1. The normalized spacial score (nSPS) is 22.0. The lowest BCUT2D eigenvalue weighted by atomic mass is 9.95. The van der Waals surface area contributed by atoms with E-state index in [1.807, 2.05) is 102 Å². The molecule has 4 aromatic carbocycles. The number of carbonyl (C=O) groups excluding carboxylic acids is 1. The van der Waals surface area contributed by atoms with Crippen LogP contribution in [0.2, 0.25) is 5.02 Å². The van der Waals surface area contributed by atoms with Crippen molar-refractivity contribution in [2.75, 3.05) is 0 Å². The van der Waals surface area contributed by atoms with Gasteiger partial charge in [0.1, 0.15) is 11.3 Å². The van der Waals surface area contributed by atoms with E-state index in [1.165, 1.54) is 0 Å². The maximum Gasteiger partial charge on any atom is 0.314 e. The Kier molecular flexibility index (Phi) is 5.48. The molecule has 41 heavy (non-hydrogen) atoms. The van der Waals surface area contributed by atoms with Crippen molar-refractivity contribution in [1.29, 1.82) is 0 Å². The van der Waals surface area contributed by atoms with E-state index in [0.717, 1.165) is 56.4 Å². The number of fused-ring (bicyclic) bond motifs is 5. The Morgan fingerprint density at radius 1 is 0.976 bits per heavy atom. The number of hydrogen-bond acceptors (Lipinski definition) is 7. The van der Waals surface area contributed by atoms with Crippen LogP contribution in [0.25, 0.3) is 28.3 Å². The van der Waals surface area contributed by atoms with Gasteiger partial charge < -0.3 is 9.26 Å². The quantitative estimate of drug-likeness (QED) is 0.236. The van der Waals surface area contributed by atoms with Gasteiger partial charge in [-0.15, -0.1) is 0 Å². The number of hydrazone groups is 1. The molecule has 1 saturated heterocycles. The number of hydrogen-bond donors (Lipinski definition) is 1. The number of amides is 1. The summed E-state index contributed by atoms with van der Waals surface area (Å²) in [6.07, 6.45) is 2.63. The molecule has 1 fully saturated rings. The van der Waals surface area contributed by atoms with Crippen molar-refractivity contribution in [3.63, 3.8) is 0 Å². The Bertz CT molecular complexity index is 1900. The lowest BCUT2D eigenvalue weighted by Crippen LogP contribution is -2.61. The molecule has 3 aliphatic rings. The summed E-state index contributed by atoms with van der Waals surface area (Å²) >= 11 is 7.27. The molecular weight excluding hydrogens is 556 g/mol. The van der Waals surface area contributed by atoms with Crippen LogP contribution in [-0.2, 0) is 0 Å². The van der Waals surface area contributed by atoms with Crippen LogP contribution in [0.15, 0.2) is 112 Å². The van der Waals surface area contributed by atoms with Gasteiger partial charge in [-0.1, -0.05) is 83.5 Å². The third kappa shape index (κ3) is 3.94. The van der Waals surface area contributed by atoms with Crippen molar-refractivity contribution in [3.8, 4) is 17.1 Å². The lowest BCUT2D eigenvalue weighted by molar-refractivity contribution is -0.0949. The maximum absolute atomic E-state index is 13.0. The number of para-hydroxylation sites is 1. The molecule has 9 heteroatoms. The van der Waals surface area contributed by atoms with E-state index < -0.39 is 5.85 Å². The van der Waals surface area contributed by atoms with Crippen molar-refractivity contribution in [2.45, 2.75) is 18.3 Å². The Morgan fingerprint density at radius 3 is 2.63 bits per heavy atom. The second kappa shape index (κ2) is 9.26. The van der Waals surface area contributed by atoms with Gasteiger partial charge in [-0.05, 0) is 59.3 Å². The summed E-state index contributed by atoms with van der Waals surface area (Å²) in [5.74, 6) is 0.125. The fraction of sp³-hybridized carbons (Fsp3) is 0.0938. The molecule has 2 atom stereocenters. The molecule has 7 nitrogen and oxygen atoms in total. The van der Waals surface area contributed by atoms with Crippen LogP contribution in [0.5, 0.6) is 5.75 Å². The summed E-state index contributed by atoms with van der Waals surface area (Å²) in [4.78, 5) is 13.7. The number of thioether (sulfide) groups is 1. The minimum absolute atomic E-state index is 0.127. The van der Waals surface area contributed by atoms with Gasteiger partial charge in [-0.3, -0.25) is 10.1 Å². The molecule has 3 aliphatic heterocycles. The molecule has 1 amide bonds. The van der Waals surface area contributed by atoms with Gasteiger partial charge in [-0.2, -0.15) is 5.10 Å². The van der Waals surface area contributed by atoms with Crippen LogP contribution in [0.3, 0.4) is 0 Å². The summed E-state index contributed by atoms with van der Waals surface area (Å²) in [6, 6.07) is 31.3. The summed E-state index contributed by atoms with van der Waals surface area (Å²) in [5, 5.41) is 15.7. The molecule has 8 rings (SSSR count). The summed E-state index contributed by atoms with van der Waals surface area (Å²) in [6.45, 7) is 0. The molecular formula is C32H21ClN4O3S. The fourth-order valence-electron chi connectivity index (χ4n) is 5.68. The monoisotopic (exact) mass is 576 g/mol. The number of carbonyl (C=O) groups is 1. The number of benzene rings is 4. The predicted molar refractivity (Wildman–Crippen MR) is 161 cm³/mol. The molecule has 0 bridgehead atoms. The van der Waals surface area contributed by atoms with Gasteiger partial charge in [-0.25, -0.2) is 5.01 Å². The number of nitrogens with one attached hydrogen (secondary N) is 1. The van der Waals surface area contributed by atoms with Gasteiger partial charge in [0.15, 0.2) is 5.76 Å². The first-order valence-corrected chi connectivity index (χ1v) is 14.3. The molecule has 0 aliphatic carbocycles. The number of ether oxygens (including phenoxy) is 1. The average molecular weight is 577 g/mol. The number of nitrogens with zero attached hydrogens (tertiary/aromatic N) is 3. The highest BCUT2D eigenvalue weighted by Gasteiger charge is 2.58. The Hall–Kier alpha value is -4.53. The van der Waals surface area contributed by atoms with E-state index in [0.29, 0.717) is 22.1 Å². The molecule has 2 unspecified atom stereocenters. The van der Waals surface area contributed by atoms with E-state index in [4.69, 9.17) is 26.0 Å². The fourth-order valence-corrected chi connectivity index (χ4v) is 6.71. The Labute approximate surface area is 244 Å². The van der Waals surface area contributed by atoms with Crippen LogP contribution >= 0.6 is 23.4 Å². The van der Waals surface area contributed by atoms with E-state index in [9.17, 15) is 4.79 Å². The van der Waals surface area contributed by atoms with E-state index >= 15 is 0 Å². The first kappa shape index (κ1) is 24.3. The summed E-state index contributed by atoms with van der Waals surface area (Å²) in [5.41, 5.74) is 5.49. The van der Waals surface area contributed by atoms with Gasteiger partial charge in [0.05, 0.1) is 22.0 Å². The zero-order valence-corrected chi connectivity index (χ0v) is 23.0. The average Bonchev–Trinajstić information content (AvgIpc) is 3.70. The van der Waals surface area contributed by atoms with Gasteiger partial charge in [0, 0.05) is 22.6 Å². The Balaban J connectivity index is 1.26. The molecule has 4 heterocycles. The van der Waals surface area contributed by atoms with Crippen LogP contribution < -0.4 is 10.1 Å². The predicted octanol–water partition coefficient (Wildman–Crippen LogP) is 7.84. The molecule has 1 aromatic heterocycles. The highest BCUT2D eigenvalue weighted by atomic mass is 35.5. The van der Waals surface area contributed by atoms with Crippen LogP contribution in [0.4, 0.5) is 4.79 Å². The smallest absolute Gasteiger partial charge is 0.314 e. The third-order valence-corrected chi connectivity index (χ3v) is 8.74. The van der Waals surface area contributed by atoms with Crippen LogP contribution in [0.1, 0.15) is 29.2 Å². The number of aromatic nitrogens is 1. The first-order valence-electron chi connectivity index (χ1n) is 13.2. The van der Waals surface area contributed by atoms with Gasteiger partial charge in [0.25, 0.3) is 5.24 Å². The van der Waals surface area contributed by atoms with Crippen molar-refractivity contribution < 1.29 is 14.1 Å². The Morgan fingerprint density at radius 2 is 1.78 bits per heavy atom. The zero-order valence-electron chi connectivity index (χ0n) is 21.5. The van der Waals surface area contributed by atoms with Crippen molar-refractivity contribution >= 4 is 51.3 Å². The molecule has 200 valence electrons. The molecule has 1 N–H and O–H groups in total. The number of rotatable bonds is 3.